The third-order valence-corrected chi connectivity index (χ3v) is 12.8. The summed E-state index contributed by atoms with van der Waals surface area (Å²) in [6, 6.07) is 69.8. The van der Waals surface area contributed by atoms with Crippen molar-refractivity contribution < 1.29 is 4.74 Å². The Morgan fingerprint density at radius 3 is 1.42 bits per heavy atom. The number of benzene rings is 8. The van der Waals surface area contributed by atoms with E-state index in [0.717, 1.165) is 83.3 Å². The van der Waals surface area contributed by atoms with Gasteiger partial charge in [0.25, 0.3) is 0 Å². The van der Waals surface area contributed by atoms with Crippen LogP contribution in [-0.4, -0.2) is 9.97 Å². The van der Waals surface area contributed by atoms with Gasteiger partial charge in [0, 0.05) is 45.1 Å². The molecule has 0 fully saturated rings. The van der Waals surface area contributed by atoms with E-state index < -0.39 is 0 Å². The Morgan fingerprint density at radius 2 is 0.881 bits per heavy atom. The molecule has 6 nitrogen and oxygen atoms in total. The SMILES string of the molecule is c1ccc(N(c2ccc(-c3nc4ccccc4s3)cc2)c2ccc(C3Nc4c(cccc4N(c4ccccc4)c4ccc(-c5nc6ccccc6s5)cc4)O3)cc2)cc1. The van der Waals surface area contributed by atoms with Gasteiger partial charge in [0.2, 0.25) is 0 Å². The molecular weight excluding hydrogens is 763 g/mol. The maximum atomic E-state index is 6.64. The number of hydrogen-bond acceptors (Lipinski definition) is 8. The molecular formula is C51H35N5OS2. The number of para-hydroxylation sites is 5. The monoisotopic (exact) mass is 797 g/mol. The number of nitrogens with zero attached hydrogens (tertiary/aromatic N) is 4. The van der Waals surface area contributed by atoms with Gasteiger partial charge in [-0.1, -0.05) is 78.9 Å². The predicted molar refractivity (Wildman–Crippen MR) is 246 cm³/mol. The van der Waals surface area contributed by atoms with E-state index in [2.05, 4.69) is 185 Å². The van der Waals surface area contributed by atoms with E-state index >= 15 is 0 Å². The average Bonchev–Trinajstić information content (AvgIpc) is 4.06. The molecule has 0 spiro atoms. The zero-order valence-electron chi connectivity index (χ0n) is 31.6. The molecule has 1 atom stereocenters. The number of anilines is 7. The van der Waals surface area contributed by atoms with Crippen LogP contribution in [0.1, 0.15) is 11.8 Å². The summed E-state index contributed by atoms with van der Waals surface area (Å²) in [5.74, 6) is 0.808. The standard InChI is InChI=1S/C51H35N5OS2/c1-3-12-37(13-4-1)55(40-30-24-35(25-31-40)50-52-42-16-7-9-20-46(42)58-50)39-28-22-34(23-29-39)49-54-48-44(18-11-19-45(48)57-49)56(38-14-5-2-6-15-38)41-32-26-36(27-33-41)51-53-43-17-8-10-21-47(43)59-51/h1-33,49,54H. The van der Waals surface area contributed by atoms with Gasteiger partial charge >= 0.3 is 0 Å². The van der Waals surface area contributed by atoms with Crippen LogP contribution in [0.2, 0.25) is 0 Å². The number of thiazole rings is 2. The van der Waals surface area contributed by atoms with E-state index in [-0.39, 0.29) is 6.23 Å². The molecule has 0 amide bonds. The zero-order chi connectivity index (χ0) is 39.1. The van der Waals surface area contributed by atoms with Crippen LogP contribution in [0.5, 0.6) is 5.75 Å². The van der Waals surface area contributed by atoms with Crippen LogP contribution in [0, 0.1) is 0 Å². The molecule has 0 radical (unpaired) electrons. The first-order valence-electron chi connectivity index (χ1n) is 19.5. The quantitative estimate of drug-likeness (QED) is 0.157. The molecule has 1 N–H and O–H groups in total. The maximum Gasteiger partial charge on any atom is 0.196 e. The van der Waals surface area contributed by atoms with Crippen LogP contribution in [0.4, 0.5) is 39.8 Å². The van der Waals surface area contributed by atoms with Crippen LogP contribution in [-0.2, 0) is 0 Å². The van der Waals surface area contributed by atoms with Crippen LogP contribution in [0.15, 0.2) is 200 Å². The number of hydrogen-bond donors (Lipinski definition) is 1. The summed E-state index contributed by atoms with van der Waals surface area (Å²) in [6.45, 7) is 0. The van der Waals surface area contributed by atoms with Crippen molar-refractivity contribution in [1.29, 1.82) is 0 Å². The lowest BCUT2D eigenvalue weighted by molar-refractivity contribution is 0.260. The van der Waals surface area contributed by atoms with Gasteiger partial charge in [0.15, 0.2) is 6.23 Å². The number of aromatic nitrogens is 2. The van der Waals surface area contributed by atoms with Gasteiger partial charge in [-0.2, -0.15) is 0 Å². The smallest absolute Gasteiger partial charge is 0.196 e. The second-order valence-corrected chi connectivity index (χ2v) is 16.4. The second-order valence-electron chi connectivity index (χ2n) is 14.3. The molecule has 11 rings (SSSR count). The number of fused-ring (bicyclic) bond motifs is 3. The molecule has 8 heteroatoms. The summed E-state index contributed by atoms with van der Waals surface area (Å²) >= 11 is 3.44. The first kappa shape index (κ1) is 34.9. The third kappa shape index (κ3) is 6.64. The van der Waals surface area contributed by atoms with Gasteiger partial charge < -0.3 is 19.9 Å². The first-order valence-corrected chi connectivity index (χ1v) is 21.1. The molecule has 282 valence electrons. The summed E-state index contributed by atoms with van der Waals surface area (Å²) in [7, 11) is 0. The summed E-state index contributed by atoms with van der Waals surface area (Å²) < 4.78 is 9.03. The molecule has 2 aromatic heterocycles. The Labute approximate surface area is 349 Å². The third-order valence-electron chi connectivity index (χ3n) is 10.6. The molecule has 0 saturated heterocycles. The van der Waals surface area contributed by atoms with E-state index in [4.69, 9.17) is 14.7 Å². The molecule has 3 heterocycles. The zero-order valence-corrected chi connectivity index (χ0v) is 33.3. The Hall–Kier alpha value is -7.26. The Morgan fingerprint density at radius 1 is 0.424 bits per heavy atom. The maximum absolute atomic E-state index is 6.64. The van der Waals surface area contributed by atoms with Crippen molar-refractivity contribution in [1.82, 2.24) is 9.97 Å². The number of ether oxygens (including phenoxy) is 1. The fraction of sp³-hybridized carbons (Fsp3) is 0.0196. The molecule has 1 unspecified atom stereocenters. The topological polar surface area (TPSA) is 53.5 Å². The highest BCUT2D eigenvalue weighted by Crippen LogP contribution is 2.49. The van der Waals surface area contributed by atoms with Crippen molar-refractivity contribution in [3.8, 4) is 26.9 Å². The van der Waals surface area contributed by atoms with Crippen molar-refractivity contribution >= 4 is 82.9 Å². The molecule has 0 saturated carbocycles. The summed E-state index contributed by atoms with van der Waals surface area (Å²) in [6.07, 6.45) is -0.363. The molecule has 8 aromatic carbocycles. The summed E-state index contributed by atoms with van der Waals surface area (Å²) in [4.78, 5) is 14.3. The Balaban J connectivity index is 0.882. The lowest BCUT2D eigenvalue weighted by Gasteiger charge is -2.27. The van der Waals surface area contributed by atoms with Crippen molar-refractivity contribution in [3.05, 3.63) is 206 Å². The highest BCUT2D eigenvalue weighted by Gasteiger charge is 2.29. The van der Waals surface area contributed by atoms with E-state index in [9.17, 15) is 0 Å². The lowest BCUT2D eigenvalue weighted by atomic mass is 10.1. The summed E-state index contributed by atoms with van der Waals surface area (Å²) in [5, 5.41) is 5.78. The van der Waals surface area contributed by atoms with Crippen molar-refractivity contribution in [2.75, 3.05) is 15.1 Å². The van der Waals surface area contributed by atoms with Crippen LogP contribution in [0.3, 0.4) is 0 Å². The van der Waals surface area contributed by atoms with Gasteiger partial charge in [-0.05, 0) is 121 Å². The van der Waals surface area contributed by atoms with E-state index in [0.29, 0.717) is 0 Å². The number of nitrogens with one attached hydrogen (secondary N) is 1. The van der Waals surface area contributed by atoms with E-state index in [1.807, 2.05) is 30.3 Å². The van der Waals surface area contributed by atoms with Crippen LogP contribution >= 0.6 is 22.7 Å². The van der Waals surface area contributed by atoms with Crippen LogP contribution in [0.25, 0.3) is 41.6 Å². The average molecular weight is 798 g/mol. The van der Waals surface area contributed by atoms with Crippen molar-refractivity contribution in [2.45, 2.75) is 6.23 Å². The highest BCUT2D eigenvalue weighted by molar-refractivity contribution is 7.22. The van der Waals surface area contributed by atoms with Crippen LogP contribution < -0.4 is 19.9 Å². The predicted octanol–water partition coefficient (Wildman–Crippen LogP) is 14.7. The Kier molecular flexibility index (Phi) is 8.83. The van der Waals surface area contributed by atoms with Gasteiger partial charge in [-0.25, -0.2) is 9.97 Å². The first-order chi connectivity index (χ1) is 29.2. The minimum Gasteiger partial charge on any atom is -0.464 e. The molecule has 1 aliphatic rings. The highest BCUT2D eigenvalue weighted by atomic mass is 32.1. The molecule has 0 aliphatic carbocycles. The fourth-order valence-electron chi connectivity index (χ4n) is 7.71. The largest absolute Gasteiger partial charge is 0.464 e. The van der Waals surface area contributed by atoms with E-state index in [1.54, 1.807) is 22.7 Å². The molecule has 0 bridgehead atoms. The minimum atomic E-state index is -0.363. The molecule has 1 aliphatic heterocycles. The number of rotatable bonds is 9. The second kappa shape index (κ2) is 14.9. The van der Waals surface area contributed by atoms with E-state index in [1.165, 1.54) is 9.40 Å². The van der Waals surface area contributed by atoms with Gasteiger partial charge in [0.05, 0.1) is 26.1 Å². The minimum absolute atomic E-state index is 0.363. The Bertz CT molecular complexity index is 2990. The van der Waals surface area contributed by atoms with Gasteiger partial charge in [-0.3, -0.25) is 0 Å². The normalized spacial score (nSPS) is 13.2. The van der Waals surface area contributed by atoms with Gasteiger partial charge in [-0.15, -0.1) is 22.7 Å². The molecule has 10 aromatic rings. The summed E-state index contributed by atoms with van der Waals surface area (Å²) in [5.41, 5.74) is 12.5. The van der Waals surface area contributed by atoms with Gasteiger partial charge in [0.1, 0.15) is 21.5 Å². The van der Waals surface area contributed by atoms with Crippen molar-refractivity contribution in [2.24, 2.45) is 0 Å². The fourth-order valence-corrected chi connectivity index (χ4v) is 9.65. The van der Waals surface area contributed by atoms with Crippen molar-refractivity contribution in [3.63, 3.8) is 0 Å². The lowest BCUT2D eigenvalue weighted by Crippen LogP contribution is -2.14. The molecule has 59 heavy (non-hydrogen) atoms.